The third-order valence-corrected chi connectivity index (χ3v) is 4.58. The molecule has 0 radical (unpaired) electrons. The predicted molar refractivity (Wildman–Crippen MR) is 78.7 cm³/mol. The minimum Gasteiger partial charge on any atom is -0.375 e. The monoisotopic (exact) mass is 292 g/mol. The SMILES string of the molecule is Cc1ccc(CNCC2COCc3c(C)nnn3C2)s1. The summed E-state index contributed by atoms with van der Waals surface area (Å²) >= 11 is 1.85. The Morgan fingerprint density at radius 2 is 2.35 bits per heavy atom. The van der Waals surface area contributed by atoms with Crippen molar-refractivity contribution < 1.29 is 4.74 Å². The van der Waals surface area contributed by atoms with Crippen LogP contribution in [0.3, 0.4) is 0 Å². The van der Waals surface area contributed by atoms with Crippen molar-refractivity contribution in [3.8, 4) is 0 Å². The van der Waals surface area contributed by atoms with Crippen molar-refractivity contribution >= 4 is 11.3 Å². The molecule has 20 heavy (non-hydrogen) atoms. The van der Waals surface area contributed by atoms with Crippen LogP contribution in [0, 0.1) is 19.8 Å². The topological polar surface area (TPSA) is 52.0 Å². The summed E-state index contributed by atoms with van der Waals surface area (Å²) in [5.41, 5.74) is 2.09. The molecule has 0 aromatic carbocycles. The first-order valence-corrected chi connectivity index (χ1v) is 7.77. The van der Waals surface area contributed by atoms with Gasteiger partial charge in [-0.2, -0.15) is 0 Å². The number of ether oxygens (including phenoxy) is 1. The van der Waals surface area contributed by atoms with E-state index in [1.54, 1.807) is 0 Å². The van der Waals surface area contributed by atoms with E-state index in [-0.39, 0.29) is 0 Å². The van der Waals surface area contributed by atoms with Gasteiger partial charge in [-0.25, -0.2) is 4.68 Å². The van der Waals surface area contributed by atoms with E-state index in [4.69, 9.17) is 4.74 Å². The first-order chi connectivity index (χ1) is 9.72. The van der Waals surface area contributed by atoms with Crippen LogP contribution < -0.4 is 5.32 Å². The highest BCUT2D eigenvalue weighted by Crippen LogP contribution is 2.16. The molecule has 0 aliphatic carbocycles. The van der Waals surface area contributed by atoms with Gasteiger partial charge in [0.25, 0.3) is 0 Å². The van der Waals surface area contributed by atoms with Crippen molar-refractivity contribution in [1.82, 2.24) is 20.3 Å². The van der Waals surface area contributed by atoms with Gasteiger partial charge in [0.15, 0.2) is 0 Å². The Kier molecular flexibility index (Phi) is 4.14. The molecule has 6 heteroatoms. The average Bonchev–Trinajstić information content (AvgIpc) is 2.91. The van der Waals surface area contributed by atoms with E-state index in [9.17, 15) is 0 Å². The molecular weight excluding hydrogens is 272 g/mol. The molecule has 1 unspecified atom stereocenters. The van der Waals surface area contributed by atoms with Gasteiger partial charge < -0.3 is 10.1 Å². The molecule has 1 aliphatic heterocycles. The maximum Gasteiger partial charge on any atom is 0.0904 e. The summed E-state index contributed by atoms with van der Waals surface area (Å²) in [4.78, 5) is 2.75. The molecule has 1 atom stereocenters. The Morgan fingerprint density at radius 1 is 1.45 bits per heavy atom. The summed E-state index contributed by atoms with van der Waals surface area (Å²) in [5, 5.41) is 11.8. The number of rotatable bonds is 4. The van der Waals surface area contributed by atoms with Crippen molar-refractivity contribution in [2.45, 2.75) is 33.5 Å². The zero-order chi connectivity index (χ0) is 13.9. The molecule has 0 amide bonds. The third-order valence-electron chi connectivity index (χ3n) is 3.58. The Balaban J connectivity index is 1.53. The van der Waals surface area contributed by atoms with Gasteiger partial charge in [0.2, 0.25) is 0 Å². The number of hydrogen-bond donors (Lipinski definition) is 1. The van der Waals surface area contributed by atoms with Crippen molar-refractivity contribution in [3.05, 3.63) is 33.3 Å². The molecule has 0 fully saturated rings. The van der Waals surface area contributed by atoms with Crippen LogP contribution in [0.1, 0.15) is 21.1 Å². The number of thiophene rings is 1. The molecule has 3 heterocycles. The summed E-state index contributed by atoms with van der Waals surface area (Å²) in [7, 11) is 0. The minimum absolute atomic E-state index is 0.443. The highest BCUT2D eigenvalue weighted by molar-refractivity contribution is 7.11. The Hall–Kier alpha value is -1.24. The van der Waals surface area contributed by atoms with Crippen LogP contribution in [0.25, 0.3) is 0 Å². The van der Waals surface area contributed by atoms with E-state index >= 15 is 0 Å². The van der Waals surface area contributed by atoms with Gasteiger partial charge in [0.05, 0.1) is 24.6 Å². The second-order valence-electron chi connectivity index (χ2n) is 5.33. The van der Waals surface area contributed by atoms with Crippen LogP contribution in [0.2, 0.25) is 0 Å². The van der Waals surface area contributed by atoms with E-state index in [0.29, 0.717) is 12.5 Å². The summed E-state index contributed by atoms with van der Waals surface area (Å²) in [6.45, 7) is 8.28. The quantitative estimate of drug-likeness (QED) is 0.935. The van der Waals surface area contributed by atoms with E-state index < -0.39 is 0 Å². The fourth-order valence-corrected chi connectivity index (χ4v) is 3.33. The van der Waals surface area contributed by atoms with Crippen LogP contribution in [0.15, 0.2) is 12.1 Å². The molecule has 108 valence electrons. The first kappa shape index (κ1) is 13.7. The fraction of sp³-hybridized carbons (Fsp3) is 0.571. The van der Waals surface area contributed by atoms with E-state index in [1.165, 1.54) is 9.75 Å². The Bertz CT molecular complexity index is 577. The molecule has 1 aliphatic rings. The molecule has 1 N–H and O–H groups in total. The van der Waals surface area contributed by atoms with Gasteiger partial charge >= 0.3 is 0 Å². The highest BCUT2D eigenvalue weighted by Gasteiger charge is 2.19. The van der Waals surface area contributed by atoms with Crippen LogP contribution >= 0.6 is 11.3 Å². The number of nitrogens with one attached hydrogen (secondary N) is 1. The molecule has 2 aromatic rings. The van der Waals surface area contributed by atoms with Crippen LogP contribution in [0.5, 0.6) is 0 Å². The van der Waals surface area contributed by atoms with E-state index in [1.807, 2.05) is 22.9 Å². The van der Waals surface area contributed by atoms with Gasteiger partial charge in [0.1, 0.15) is 0 Å². The maximum absolute atomic E-state index is 5.74. The largest absolute Gasteiger partial charge is 0.375 e. The number of aromatic nitrogens is 3. The number of nitrogens with zero attached hydrogens (tertiary/aromatic N) is 3. The Labute approximate surface area is 123 Å². The van der Waals surface area contributed by atoms with Gasteiger partial charge in [-0.05, 0) is 26.0 Å². The second kappa shape index (κ2) is 6.03. The molecule has 0 saturated carbocycles. The number of aryl methyl sites for hydroxylation is 2. The average molecular weight is 292 g/mol. The molecular formula is C14H20N4OS. The fourth-order valence-electron chi connectivity index (χ4n) is 2.47. The van der Waals surface area contributed by atoms with Gasteiger partial charge in [-0.3, -0.25) is 0 Å². The summed E-state index contributed by atoms with van der Waals surface area (Å²) in [6.07, 6.45) is 0. The second-order valence-corrected chi connectivity index (χ2v) is 6.70. The first-order valence-electron chi connectivity index (χ1n) is 6.95. The number of fused-ring (bicyclic) bond motifs is 1. The molecule has 2 aromatic heterocycles. The number of hydrogen-bond acceptors (Lipinski definition) is 5. The van der Waals surface area contributed by atoms with Crippen molar-refractivity contribution in [1.29, 1.82) is 0 Å². The lowest BCUT2D eigenvalue weighted by molar-refractivity contribution is 0.0936. The predicted octanol–water partition coefficient (Wildman–Crippen LogP) is 1.89. The Morgan fingerprint density at radius 3 is 3.15 bits per heavy atom. The molecule has 0 saturated heterocycles. The van der Waals surface area contributed by atoms with Crippen LogP contribution in [0.4, 0.5) is 0 Å². The van der Waals surface area contributed by atoms with E-state index in [0.717, 1.165) is 37.6 Å². The smallest absolute Gasteiger partial charge is 0.0904 e. The molecule has 0 spiro atoms. The lowest BCUT2D eigenvalue weighted by Crippen LogP contribution is -2.28. The zero-order valence-corrected chi connectivity index (χ0v) is 12.7. The molecule has 3 rings (SSSR count). The zero-order valence-electron chi connectivity index (χ0n) is 11.9. The molecule has 5 nitrogen and oxygen atoms in total. The van der Waals surface area contributed by atoms with Crippen molar-refractivity contribution in [2.75, 3.05) is 13.2 Å². The summed E-state index contributed by atoms with van der Waals surface area (Å²) < 4.78 is 7.73. The van der Waals surface area contributed by atoms with Gasteiger partial charge in [-0.1, -0.05) is 5.21 Å². The summed E-state index contributed by atoms with van der Waals surface area (Å²) in [6, 6.07) is 4.36. The highest BCUT2D eigenvalue weighted by atomic mass is 32.1. The lowest BCUT2D eigenvalue weighted by atomic mass is 10.1. The normalized spacial score (nSPS) is 18.8. The van der Waals surface area contributed by atoms with Gasteiger partial charge in [0, 0.05) is 35.3 Å². The minimum atomic E-state index is 0.443. The van der Waals surface area contributed by atoms with Crippen LogP contribution in [-0.4, -0.2) is 28.1 Å². The lowest BCUT2D eigenvalue weighted by Gasteiger charge is -2.14. The van der Waals surface area contributed by atoms with E-state index in [2.05, 4.69) is 34.7 Å². The standard InChI is InChI=1S/C14H20N4OS/c1-10-3-4-13(20-10)6-15-5-12-7-18-14(9-19-8-12)11(2)16-17-18/h3-4,12,15H,5-9H2,1-2H3. The van der Waals surface area contributed by atoms with Crippen molar-refractivity contribution in [2.24, 2.45) is 5.92 Å². The summed E-state index contributed by atoms with van der Waals surface area (Å²) in [5.74, 6) is 0.443. The molecule has 0 bridgehead atoms. The third kappa shape index (κ3) is 3.08. The van der Waals surface area contributed by atoms with Crippen molar-refractivity contribution in [3.63, 3.8) is 0 Å². The van der Waals surface area contributed by atoms with Gasteiger partial charge in [-0.15, -0.1) is 16.4 Å². The maximum atomic E-state index is 5.74. The van der Waals surface area contributed by atoms with Crippen LogP contribution in [-0.2, 0) is 24.4 Å².